The minimum absolute atomic E-state index is 0.0262. The summed E-state index contributed by atoms with van der Waals surface area (Å²) < 4.78 is 2.16. The van der Waals surface area contributed by atoms with E-state index in [1.807, 2.05) is 24.3 Å². The summed E-state index contributed by atoms with van der Waals surface area (Å²) in [7, 11) is 0. The summed E-state index contributed by atoms with van der Waals surface area (Å²) in [5.41, 5.74) is 9.16. The molecule has 0 saturated carbocycles. The molecule has 0 radical (unpaired) electrons. The number of piperazine rings is 1. The van der Waals surface area contributed by atoms with E-state index in [0.717, 1.165) is 40.3 Å². The molecule has 1 fully saturated rings. The maximum atomic E-state index is 12.1. The zero-order valence-corrected chi connectivity index (χ0v) is 19.7. The molecule has 0 spiro atoms. The van der Waals surface area contributed by atoms with Crippen LogP contribution in [0.25, 0.3) is 28.0 Å². The lowest BCUT2D eigenvalue weighted by Gasteiger charge is -2.32. The van der Waals surface area contributed by atoms with Gasteiger partial charge in [0.1, 0.15) is 5.65 Å². The molecule has 34 heavy (non-hydrogen) atoms. The maximum absolute atomic E-state index is 12.1. The number of nitrogens with one attached hydrogen (secondary N) is 1. The topological polar surface area (TPSA) is 73.4 Å². The van der Waals surface area contributed by atoms with Gasteiger partial charge < -0.3 is 9.72 Å². The van der Waals surface area contributed by atoms with Gasteiger partial charge in [-0.25, -0.2) is 4.98 Å². The number of benzene rings is 2. The number of pyridine rings is 1. The average Bonchev–Trinajstić information content (AvgIpc) is 3.24. The Morgan fingerprint density at radius 1 is 1.00 bits per heavy atom. The summed E-state index contributed by atoms with van der Waals surface area (Å²) >= 11 is 0. The summed E-state index contributed by atoms with van der Waals surface area (Å²) in [5.74, 6) is 0.0441. The zero-order valence-electron chi connectivity index (χ0n) is 19.7. The van der Waals surface area contributed by atoms with Crippen LogP contribution in [0.2, 0.25) is 0 Å². The fourth-order valence-corrected chi connectivity index (χ4v) is 4.63. The number of hydrogen-bond acceptors (Lipinski definition) is 4. The fraction of sp³-hybridized carbons (Fsp3) is 0.250. The molecule has 1 amide bonds. The second kappa shape index (κ2) is 8.77. The van der Waals surface area contributed by atoms with Gasteiger partial charge in [0.05, 0.1) is 35.6 Å². The van der Waals surface area contributed by atoms with Crippen LogP contribution in [0.5, 0.6) is 0 Å². The van der Waals surface area contributed by atoms with Crippen LogP contribution >= 0.6 is 0 Å². The number of nitriles is 1. The number of nitrogens with zero attached hydrogens (tertiary/aromatic N) is 4. The van der Waals surface area contributed by atoms with E-state index < -0.39 is 0 Å². The number of carbonyl (C=O) groups excluding carboxylic acids is 1. The van der Waals surface area contributed by atoms with E-state index >= 15 is 0 Å². The minimum atomic E-state index is -0.0262. The molecule has 4 aromatic rings. The van der Waals surface area contributed by atoms with E-state index in [2.05, 4.69) is 78.0 Å². The second-order valence-corrected chi connectivity index (χ2v) is 8.98. The quantitative estimate of drug-likeness (QED) is 0.492. The van der Waals surface area contributed by atoms with Gasteiger partial charge in [-0.15, -0.1) is 0 Å². The lowest BCUT2D eigenvalue weighted by Crippen LogP contribution is -2.48. The highest BCUT2D eigenvalue weighted by molar-refractivity contribution is 5.79. The first kappa shape index (κ1) is 21.9. The third-order valence-electron chi connectivity index (χ3n) is 6.79. The van der Waals surface area contributed by atoms with Crippen LogP contribution in [0.15, 0.2) is 60.8 Å². The SMILES string of the molecule is Cc1ccc(-c2ccc3nc(-c4ccc(C#N)cc4)c(C(C)N4CCNC(=O)C4)n3c2)cc1C. The van der Waals surface area contributed by atoms with E-state index in [9.17, 15) is 10.1 Å². The van der Waals surface area contributed by atoms with Crippen LogP contribution < -0.4 is 5.32 Å². The number of carbonyl (C=O) groups is 1. The molecule has 1 saturated heterocycles. The summed E-state index contributed by atoms with van der Waals surface area (Å²) in [6.07, 6.45) is 2.15. The Balaban J connectivity index is 1.68. The van der Waals surface area contributed by atoms with Crippen LogP contribution in [0.3, 0.4) is 0 Å². The first-order chi connectivity index (χ1) is 16.4. The Morgan fingerprint density at radius 2 is 1.74 bits per heavy atom. The molecule has 5 rings (SSSR count). The first-order valence-electron chi connectivity index (χ1n) is 11.6. The summed E-state index contributed by atoms with van der Waals surface area (Å²) in [6.45, 7) is 8.17. The van der Waals surface area contributed by atoms with Gasteiger partial charge in [0, 0.05) is 24.8 Å². The monoisotopic (exact) mass is 449 g/mol. The van der Waals surface area contributed by atoms with E-state index in [1.165, 1.54) is 11.1 Å². The van der Waals surface area contributed by atoms with Crippen molar-refractivity contribution in [3.8, 4) is 28.5 Å². The molecule has 1 aliphatic heterocycles. The molecule has 0 bridgehead atoms. The third-order valence-corrected chi connectivity index (χ3v) is 6.79. The number of hydrogen-bond donors (Lipinski definition) is 1. The van der Waals surface area contributed by atoms with Crippen molar-refractivity contribution >= 4 is 11.6 Å². The largest absolute Gasteiger partial charge is 0.354 e. The number of fused-ring (bicyclic) bond motifs is 1. The van der Waals surface area contributed by atoms with Crippen LogP contribution in [0.4, 0.5) is 0 Å². The average molecular weight is 450 g/mol. The van der Waals surface area contributed by atoms with Crippen LogP contribution in [-0.2, 0) is 4.79 Å². The Morgan fingerprint density at radius 3 is 2.44 bits per heavy atom. The van der Waals surface area contributed by atoms with Crippen molar-refractivity contribution in [2.75, 3.05) is 19.6 Å². The van der Waals surface area contributed by atoms with Crippen LogP contribution in [0, 0.1) is 25.2 Å². The molecule has 170 valence electrons. The molecule has 1 N–H and O–H groups in total. The maximum Gasteiger partial charge on any atom is 0.234 e. The molecule has 2 aromatic carbocycles. The highest BCUT2D eigenvalue weighted by Crippen LogP contribution is 2.34. The van der Waals surface area contributed by atoms with Crippen molar-refractivity contribution < 1.29 is 4.79 Å². The van der Waals surface area contributed by atoms with E-state index in [0.29, 0.717) is 18.7 Å². The van der Waals surface area contributed by atoms with E-state index in [-0.39, 0.29) is 11.9 Å². The normalized spacial score (nSPS) is 15.2. The summed E-state index contributed by atoms with van der Waals surface area (Å²) in [6, 6.07) is 20.4. The second-order valence-electron chi connectivity index (χ2n) is 8.98. The van der Waals surface area contributed by atoms with Crippen molar-refractivity contribution in [3.63, 3.8) is 0 Å². The lowest BCUT2D eigenvalue weighted by atomic mass is 10.0. The number of aryl methyl sites for hydroxylation is 2. The standard InChI is InChI=1S/C28H27N5O/c1-18-4-7-23(14-19(18)2)24-10-11-25-31-27(22-8-5-21(15-29)6-9-22)28(33(25)16-24)20(3)32-13-12-30-26(34)17-32/h4-11,14,16,20H,12-13,17H2,1-3H3,(H,30,34). The van der Waals surface area contributed by atoms with Gasteiger partial charge in [0.2, 0.25) is 5.91 Å². The van der Waals surface area contributed by atoms with Gasteiger partial charge in [-0.3, -0.25) is 9.69 Å². The van der Waals surface area contributed by atoms with Gasteiger partial charge in [-0.1, -0.05) is 30.3 Å². The molecule has 6 nitrogen and oxygen atoms in total. The molecule has 2 aromatic heterocycles. The van der Waals surface area contributed by atoms with Gasteiger partial charge in [-0.05, 0) is 67.3 Å². The molecule has 6 heteroatoms. The van der Waals surface area contributed by atoms with Crippen LogP contribution in [-0.4, -0.2) is 39.8 Å². The molecule has 1 aliphatic rings. The Kier molecular flexibility index (Phi) is 5.64. The third kappa shape index (κ3) is 3.95. The van der Waals surface area contributed by atoms with Crippen molar-refractivity contribution in [2.24, 2.45) is 0 Å². The Hall–Kier alpha value is -3.95. The molecule has 3 heterocycles. The first-order valence-corrected chi connectivity index (χ1v) is 11.6. The number of rotatable bonds is 4. The minimum Gasteiger partial charge on any atom is -0.354 e. The summed E-state index contributed by atoms with van der Waals surface area (Å²) in [4.78, 5) is 19.3. The summed E-state index contributed by atoms with van der Waals surface area (Å²) in [5, 5.41) is 12.1. The molecule has 1 atom stereocenters. The smallest absolute Gasteiger partial charge is 0.234 e. The fourth-order valence-electron chi connectivity index (χ4n) is 4.63. The highest BCUT2D eigenvalue weighted by atomic mass is 16.2. The van der Waals surface area contributed by atoms with Crippen molar-refractivity contribution in [1.29, 1.82) is 5.26 Å². The molecular formula is C28H27N5O. The number of imidazole rings is 1. The van der Waals surface area contributed by atoms with Crippen molar-refractivity contribution in [3.05, 3.63) is 83.2 Å². The van der Waals surface area contributed by atoms with E-state index in [4.69, 9.17) is 4.98 Å². The number of amides is 1. The van der Waals surface area contributed by atoms with Crippen molar-refractivity contribution in [1.82, 2.24) is 19.6 Å². The highest BCUT2D eigenvalue weighted by Gasteiger charge is 2.28. The number of aromatic nitrogens is 2. The lowest BCUT2D eigenvalue weighted by molar-refractivity contribution is -0.124. The molecule has 1 unspecified atom stereocenters. The van der Waals surface area contributed by atoms with Gasteiger partial charge >= 0.3 is 0 Å². The Labute approximate surface area is 199 Å². The van der Waals surface area contributed by atoms with Gasteiger partial charge in [0.25, 0.3) is 0 Å². The van der Waals surface area contributed by atoms with Crippen LogP contribution in [0.1, 0.15) is 35.3 Å². The predicted molar refractivity (Wildman–Crippen MR) is 133 cm³/mol. The van der Waals surface area contributed by atoms with E-state index in [1.54, 1.807) is 0 Å². The predicted octanol–water partition coefficient (Wildman–Crippen LogP) is 4.65. The zero-order chi connectivity index (χ0) is 23.8. The molecule has 0 aliphatic carbocycles. The van der Waals surface area contributed by atoms with Gasteiger partial charge in [-0.2, -0.15) is 5.26 Å². The molecular weight excluding hydrogens is 422 g/mol. The van der Waals surface area contributed by atoms with Gasteiger partial charge in [0.15, 0.2) is 0 Å². The van der Waals surface area contributed by atoms with Crippen molar-refractivity contribution in [2.45, 2.75) is 26.8 Å². The Bertz CT molecular complexity index is 1430.